The molecule has 19 heavy (non-hydrogen) atoms. The van der Waals surface area contributed by atoms with Gasteiger partial charge in [-0.1, -0.05) is 39.0 Å². The summed E-state index contributed by atoms with van der Waals surface area (Å²) in [6.07, 6.45) is 7.87. The number of carboxylic acid groups (broad SMARTS) is 1. The van der Waals surface area contributed by atoms with Crippen LogP contribution in [0.4, 0.5) is 0 Å². The Hall–Kier alpha value is -1.10. The predicted octanol–water partition coefficient (Wildman–Crippen LogP) is 1.92. The van der Waals surface area contributed by atoms with Crippen LogP contribution < -0.4 is 10.6 Å². The summed E-state index contributed by atoms with van der Waals surface area (Å²) < 4.78 is 0. The number of aliphatic carboxylic acids is 1. The van der Waals surface area contributed by atoms with Crippen LogP contribution in [0.1, 0.15) is 58.8 Å². The van der Waals surface area contributed by atoms with Crippen molar-refractivity contribution in [3.8, 4) is 0 Å². The standard InChI is InChI=1S/C14H28N2O3/c1-3-4-5-6-7-8-10-15-11-9-13(17)16-12(2)14(18)19/h12,15H,3-11H2,1-2H3,(H,16,17)(H,18,19)/t12-/m0/s1. The average molecular weight is 272 g/mol. The summed E-state index contributed by atoms with van der Waals surface area (Å²) in [6, 6.07) is -0.814. The van der Waals surface area contributed by atoms with Gasteiger partial charge in [-0.3, -0.25) is 9.59 Å². The topological polar surface area (TPSA) is 78.4 Å². The molecule has 0 aromatic carbocycles. The van der Waals surface area contributed by atoms with Crippen molar-refractivity contribution < 1.29 is 14.7 Å². The average Bonchev–Trinajstić information content (AvgIpc) is 2.36. The molecule has 0 fully saturated rings. The highest BCUT2D eigenvalue weighted by Gasteiger charge is 2.12. The number of nitrogens with one attached hydrogen (secondary N) is 2. The maximum Gasteiger partial charge on any atom is 0.325 e. The number of hydrogen-bond acceptors (Lipinski definition) is 3. The Morgan fingerprint density at radius 1 is 1.05 bits per heavy atom. The normalized spacial score (nSPS) is 12.1. The van der Waals surface area contributed by atoms with Gasteiger partial charge < -0.3 is 15.7 Å². The maximum atomic E-state index is 11.4. The Morgan fingerprint density at radius 2 is 1.68 bits per heavy atom. The Kier molecular flexibility index (Phi) is 11.3. The zero-order chi connectivity index (χ0) is 14.5. The number of carbonyl (C=O) groups is 2. The second kappa shape index (κ2) is 12.0. The fourth-order valence-electron chi connectivity index (χ4n) is 1.73. The zero-order valence-corrected chi connectivity index (χ0v) is 12.2. The highest BCUT2D eigenvalue weighted by Crippen LogP contribution is 2.03. The van der Waals surface area contributed by atoms with Crippen LogP contribution in [0.3, 0.4) is 0 Å². The van der Waals surface area contributed by atoms with Gasteiger partial charge in [0.15, 0.2) is 0 Å². The van der Waals surface area contributed by atoms with E-state index in [1.54, 1.807) is 0 Å². The van der Waals surface area contributed by atoms with Crippen LogP contribution in [0, 0.1) is 0 Å². The minimum absolute atomic E-state index is 0.217. The molecule has 0 saturated carbocycles. The smallest absolute Gasteiger partial charge is 0.325 e. The van der Waals surface area contributed by atoms with E-state index in [9.17, 15) is 9.59 Å². The van der Waals surface area contributed by atoms with Gasteiger partial charge in [0.05, 0.1) is 0 Å². The van der Waals surface area contributed by atoms with Gasteiger partial charge in [-0.15, -0.1) is 0 Å². The van der Waals surface area contributed by atoms with E-state index in [1.807, 2.05) is 0 Å². The molecular formula is C14H28N2O3. The second-order valence-electron chi connectivity index (χ2n) is 4.90. The molecule has 0 heterocycles. The van der Waals surface area contributed by atoms with Crippen LogP contribution in [0.15, 0.2) is 0 Å². The lowest BCUT2D eigenvalue weighted by Gasteiger charge is -2.09. The van der Waals surface area contributed by atoms with Crippen molar-refractivity contribution >= 4 is 11.9 Å². The maximum absolute atomic E-state index is 11.4. The van der Waals surface area contributed by atoms with Crippen LogP contribution in [0.2, 0.25) is 0 Å². The Labute approximate surface area is 116 Å². The van der Waals surface area contributed by atoms with Crippen LogP contribution in [0.25, 0.3) is 0 Å². The summed E-state index contributed by atoms with van der Waals surface area (Å²) in [5.41, 5.74) is 0. The van der Waals surface area contributed by atoms with Crippen LogP contribution >= 0.6 is 0 Å². The number of rotatable bonds is 12. The van der Waals surface area contributed by atoms with Gasteiger partial charge in [-0.2, -0.15) is 0 Å². The summed E-state index contributed by atoms with van der Waals surface area (Å²) >= 11 is 0. The number of unbranched alkanes of at least 4 members (excludes halogenated alkanes) is 5. The Bertz CT molecular complexity index is 257. The van der Waals surface area contributed by atoms with Gasteiger partial charge in [0, 0.05) is 13.0 Å². The highest BCUT2D eigenvalue weighted by molar-refractivity contribution is 5.83. The lowest BCUT2D eigenvalue weighted by molar-refractivity contribution is -0.141. The van der Waals surface area contributed by atoms with E-state index in [1.165, 1.54) is 39.0 Å². The summed E-state index contributed by atoms with van der Waals surface area (Å²) in [7, 11) is 0. The third-order valence-corrected chi connectivity index (χ3v) is 2.98. The number of carboxylic acids is 1. The molecule has 1 amide bonds. The molecule has 0 aliphatic rings. The van der Waals surface area contributed by atoms with Crippen molar-refractivity contribution in [3.63, 3.8) is 0 Å². The zero-order valence-electron chi connectivity index (χ0n) is 12.2. The minimum atomic E-state index is -1.01. The number of amides is 1. The van der Waals surface area contributed by atoms with Gasteiger partial charge in [-0.25, -0.2) is 0 Å². The van der Waals surface area contributed by atoms with Crippen LogP contribution in [-0.2, 0) is 9.59 Å². The van der Waals surface area contributed by atoms with E-state index in [0.29, 0.717) is 13.0 Å². The van der Waals surface area contributed by atoms with E-state index >= 15 is 0 Å². The second-order valence-corrected chi connectivity index (χ2v) is 4.90. The first kappa shape index (κ1) is 17.9. The molecule has 0 aromatic rings. The minimum Gasteiger partial charge on any atom is -0.480 e. The third-order valence-electron chi connectivity index (χ3n) is 2.98. The molecule has 0 unspecified atom stereocenters. The Morgan fingerprint density at radius 3 is 2.32 bits per heavy atom. The third kappa shape index (κ3) is 11.7. The fourth-order valence-corrected chi connectivity index (χ4v) is 1.73. The van der Waals surface area contributed by atoms with Crippen LogP contribution in [0.5, 0.6) is 0 Å². The molecule has 0 bridgehead atoms. The summed E-state index contributed by atoms with van der Waals surface area (Å²) in [5.74, 6) is -1.22. The molecule has 0 rings (SSSR count). The molecule has 0 aromatic heterocycles. The predicted molar refractivity (Wildman–Crippen MR) is 76.1 cm³/mol. The Balaban J connectivity index is 3.30. The lowest BCUT2D eigenvalue weighted by atomic mass is 10.1. The largest absolute Gasteiger partial charge is 0.480 e. The molecule has 112 valence electrons. The van der Waals surface area contributed by atoms with Crippen LogP contribution in [-0.4, -0.2) is 36.1 Å². The molecule has 0 aliphatic carbocycles. The molecule has 5 nitrogen and oxygen atoms in total. The molecule has 0 aliphatic heterocycles. The number of hydrogen-bond donors (Lipinski definition) is 3. The molecule has 5 heteroatoms. The molecule has 3 N–H and O–H groups in total. The van der Waals surface area contributed by atoms with Crippen molar-refractivity contribution in [2.45, 2.75) is 64.8 Å². The van der Waals surface area contributed by atoms with E-state index in [2.05, 4.69) is 17.6 Å². The lowest BCUT2D eigenvalue weighted by Crippen LogP contribution is -2.39. The number of carbonyl (C=O) groups excluding carboxylic acids is 1. The summed E-state index contributed by atoms with van der Waals surface area (Å²) in [6.45, 7) is 5.20. The van der Waals surface area contributed by atoms with E-state index in [4.69, 9.17) is 5.11 Å². The van der Waals surface area contributed by atoms with E-state index in [-0.39, 0.29) is 5.91 Å². The molecule has 0 radical (unpaired) electrons. The molecular weight excluding hydrogens is 244 g/mol. The first-order chi connectivity index (χ1) is 9.07. The van der Waals surface area contributed by atoms with Gasteiger partial charge >= 0.3 is 5.97 Å². The molecule has 0 saturated heterocycles. The summed E-state index contributed by atoms with van der Waals surface area (Å²) in [4.78, 5) is 21.9. The fraction of sp³-hybridized carbons (Fsp3) is 0.857. The molecule has 1 atom stereocenters. The molecule has 0 spiro atoms. The van der Waals surface area contributed by atoms with Gasteiger partial charge in [0.25, 0.3) is 0 Å². The van der Waals surface area contributed by atoms with Crippen molar-refractivity contribution in [2.75, 3.05) is 13.1 Å². The van der Waals surface area contributed by atoms with Crippen molar-refractivity contribution in [3.05, 3.63) is 0 Å². The summed E-state index contributed by atoms with van der Waals surface area (Å²) in [5, 5.41) is 14.3. The van der Waals surface area contributed by atoms with Gasteiger partial charge in [-0.05, 0) is 19.9 Å². The van der Waals surface area contributed by atoms with Crippen molar-refractivity contribution in [2.24, 2.45) is 0 Å². The highest BCUT2D eigenvalue weighted by atomic mass is 16.4. The van der Waals surface area contributed by atoms with Gasteiger partial charge in [0.2, 0.25) is 5.91 Å². The SMILES string of the molecule is CCCCCCCCNCCC(=O)N[C@@H](C)C(=O)O. The first-order valence-corrected chi connectivity index (χ1v) is 7.30. The van der Waals surface area contributed by atoms with E-state index < -0.39 is 12.0 Å². The van der Waals surface area contributed by atoms with Gasteiger partial charge in [0.1, 0.15) is 6.04 Å². The van der Waals surface area contributed by atoms with Crippen molar-refractivity contribution in [1.29, 1.82) is 0 Å². The quantitative estimate of drug-likeness (QED) is 0.474. The van der Waals surface area contributed by atoms with Crippen molar-refractivity contribution in [1.82, 2.24) is 10.6 Å². The monoisotopic (exact) mass is 272 g/mol. The van der Waals surface area contributed by atoms with E-state index in [0.717, 1.165) is 13.0 Å². The first-order valence-electron chi connectivity index (χ1n) is 7.30.